The van der Waals surface area contributed by atoms with E-state index in [2.05, 4.69) is 38.7 Å². The summed E-state index contributed by atoms with van der Waals surface area (Å²) in [5, 5.41) is 7.79. The Labute approximate surface area is 205 Å². The van der Waals surface area contributed by atoms with Crippen LogP contribution in [0.4, 0.5) is 15.3 Å². The van der Waals surface area contributed by atoms with Crippen LogP contribution in [0.15, 0.2) is 54.9 Å². The number of primary amides is 1. The summed E-state index contributed by atoms with van der Waals surface area (Å²) in [4.78, 5) is 30.0. The highest BCUT2D eigenvalue weighted by molar-refractivity contribution is 5.96. The number of nitrogens with two attached hydrogens (primary N) is 1. The highest BCUT2D eigenvalue weighted by atomic mass is 16.6. The van der Waals surface area contributed by atoms with Gasteiger partial charge in [-0.2, -0.15) is 0 Å². The molecule has 0 unspecified atom stereocenters. The molecule has 4 N–H and O–H groups in total. The number of amides is 3. The fraction of sp³-hybridized carbons (Fsp3) is 0.370. The lowest BCUT2D eigenvalue weighted by Crippen LogP contribution is -2.45. The minimum Gasteiger partial charge on any atom is -0.444 e. The number of likely N-dealkylation sites (tertiary alicyclic amines) is 1. The second-order valence-electron chi connectivity index (χ2n) is 10.0. The van der Waals surface area contributed by atoms with Crippen LogP contribution in [0.1, 0.15) is 39.2 Å². The number of hydrogen-bond donors (Lipinski definition) is 3. The maximum Gasteiger partial charge on any atom is 0.407 e. The summed E-state index contributed by atoms with van der Waals surface area (Å²) >= 11 is 0. The van der Waals surface area contributed by atoms with Crippen molar-refractivity contribution in [2.24, 2.45) is 5.73 Å². The third kappa shape index (κ3) is 6.70. The van der Waals surface area contributed by atoms with Crippen LogP contribution in [0.5, 0.6) is 0 Å². The molecule has 2 aromatic carbocycles. The van der Waals surface area contributed by atoms with Gasteiger partial charge in [-0.15, -0.1) is 0 Å². The van der Waals surface area contributed by atoms with Gasteiger partial charge in [0.25, 0.3) is 0 Å². The Morgan fingerprint density at radius 3 is 2.46 bits per heavy atom. The molecule has 184 valence electrons. The van der Waals surface area contributed by atoms with Crippen LogP contribution >= 0.6 is 0 Å². The molecule has 35 heavy (non-hydrogen) atoms. The molecule has 3 amide bonds. The number of alkyl carbamates (subject to hydrolysis) is 1. The summed E-state index contributed by atoms with van der Waals surface area (Å²) in [5.74, 6) is 0. The van der Waals surface area contributed by atoms with Crippen molar-refractivity contribution in [3.63, 3.8) is 0 Å². The fourth-order valence-electron chi connectivity index (χ4n) is 4.38. The number of pyridine rings is 1. The van der Waals surface area contributed by atoms with E-state index in [-0.39, 0.29) is 12.1 Å². The van der Waals surface area contributed by atoms with Gasteiger partial charge >= 0.3 is 12.1 Å². The molecule has 8 heteroatoms. The standard InChI is InChI=1S/C27H33N5O3/c1-27(2,3)35-26(34)31-22-10-12-32(13-11-22)17-18-4-5-20-15-29-16-24(23(20)14-18)19-6-8-21(9-7-19)30-25(28)33/h4-9,14-16,22H,10-13,17H2,1-3H3,(H,31,34)(H3,28,30,33). The largest absolute Gasteiger partial charge is 0.444 e. The van der Waals surface area contributed by atoms with Gasteiger partial charge in [-0.25, -0.2) is 9.59 Å². The van der Waals surface area contributed by atoms with Crippen LogP contribution in [-0.4, -0.2) is 46.7 Å². The lowest BCUT2D eigenvalue weighted by molar-refractivity contribution is 0.0477. The van der Waals surface area contributed by atoms with E-state index >= 15 is 0 Å². The number of aromatic nitrogens is 1. The molecule has 4 rings (SSSR count). The molecule has 1 aromatic heterocycles. The molecule has 1 aliphatic rings. The zero-order valence-corrected chi connectivity index (χ0v) is 20.5. The molecule has 1 saturated heterocycles. The van der Waals surface area contributed by atoms with E-state index in [0.29, 0.717) is 5.69 Å². The Kier molecular flexibility index (Phi) is 7.21. The van der Waals surface area contributed by atoms with Crippen molar-refractivity contribution in [1.82, 2.24) is 15.2 Å². The molecule has 1 fully saturated rings. The average Bonchev–Trinajstić information content (AvgIpc) is 2.79. The van der Waals surface area contributed by atoms with E-state index in [9.17, 15) is 9.59 Å². The lowest BCUT2D eigenvalue weighted by atomic mass is 9.98. The van der Waals surface area contributed by atoms with Gasteiger partial charge in [-0.1, -0.05) is 24.3 Å². The van der Waals surface area contributed by atoms with Gasteiger partial charge in [0.1, 0.15) is 5.60 Å². The number of benzene rings is 2. The number of nitrogens with zero attached hydrogens (tertiary/aromatic N) is 2. The van der Waals surface area contributed by atoms with E-state index in [1.165, 1.54) is 5.56 Å². The monoisotopic (exact) mass is 475 g/mol. The molecule has 0 spiro atoms. The van der Waals surface area contributed by atoms with Gasteiger partial charge in [0.15, 0.2) is 0 Å². The Morgan fingerprint density at radius 2 is 1.80 bits per heavy atom. The van der Waals surface area contributed by atoms with E-state index in [4.69, 9.17) is 10.5 Å². The quantitative estimate of drug-likeness (QED) is 0.487. The number of fused-ring (bicyclic) bond motifs is 1. The van der Waals surface area contributed by atoms with Crippen LogP contribution in [0.2, 0.25) is 0 Å². The smallest absolute Gasteiger partial charge is 0.407 e. The Balaban J connectivity index is 1.42. The number of piperidine rings is 1. The van der Waals surface area contributed by atoms with Crippen molar-refractivity contribution in [1.29, 1.82) is 0 Å². The number of anilines is 1. The van der Waals surface area contributed by atoms with E-state index in [1.807, 2.05) is 57.4 Å². The average molecular weight is 476 g/mol. The van der Waals surface area contributed by atoms with Crippen LogP contribution in [0.25, 0.3) is 21.9 Å². The molecule has 0 atom stereocenters. The van der Waals surface area contributed by atoms with Crippen LogP contribution in [0, 0.1) is 0 Å². The first-order chi connectivity index (χ1) is 16.7. The number of nitrogens with one attached hydrogen (secondary N) is 2. The Bertz CT molecular complexity index is 1200. The maximum atomic E-state index is 12.1. The van der Waals surface area contributed by atoms with Gasteiger partial charge in [0.05, 0.1) is 0 Å². The number of carbonyl (C=O) groups excluding carboxylic acids is 2. The predicted molar refractivity (Wildman–Crippen MR) is 138 cm³/mol. The summed E-state index contributed by atoms with van der Waals surface area (Å²) in [5.41, 5.74) is 8.66. The van der Waals surface area contributed by atoms with Crippen LogP contribution < -0.4 is 16.4 Å². The summed E-state index contributed by atoms with van der Waals surface area (Å²) in [6.45, 7) is 8.29. The van der Waals surface area contributed by atoms with Crippen molar-refractivity contribution < 1.29 is 14.3 Å². The number of ether oxygens (including phenoxy) is 1. The van der Waals surface area contributed by atoms with E-state index in [0.717, 1.165) is 54.4 Å². The summed E-state index contributed by atoms with van der Waals surface area (Å²) in [6, 6.07) is 13.6. The Hall–Kier alpha value is -3.65. The zero-order valence-electron chi connectivity index (χ0n) is 20.5. The third-order valence-corrected chi connectivity index (χ3v) is 6.00. The van der Waals surface area contributed by atoms with Gasteiger partial charge in [0.2, 0.25) is 0 Å². The number of urea groups is 1. The first kappa shape index (κ1) is 24.5. The van der Waals surface area contributed by atoms with Gasteiger partial charge in [-0.3, -0.25) is 9.88 Å². The highest BCUT2D eigenvalue weighted by Crippen LogP contribution is 2.30. The minimum absolute atomic E-state index is 0.141. The van der Waals surface area contributed by atoms with Crippen molar-refractivity contribution >= 4 is 28.6 Å². The fourth-order valence-corrected chi connectivity index (χ4v) is 4.38. The summed E-state index contributed by atoms with van der Waals surface area (Å²) in [6.07, 6.45) is 5.20. The molecule has 8 nitrogen and oxygen atoms in total. The number of hydrogen-bond acceptors (Lipinski definition) is 5. The van der Waals surface area contributed by atoms with Crippen molar-refractivity contribution in [3.8, 4) is 11.1 Å². The number of carbonyl (C=O) groups is 2. The zero-order chi connectivity index (χ0) is 25.0. The molecule has 1 aliphatic heterocycles. The van der Waals surface area contributed by atoms with Crippen molar-refractivity contribution in [3.05, 3.63) is 60.4 Å². The number of rotatable bonds is 5. The van der Waals surface area contributed by atoms with E-state index < -0.39 is 11.6 Å². The summed E-state index contributed by atoms with van der Waals surface area (Å²) < 4.78 is 5.38. The molecule has 0 radical (unpaired) electrons. The molecule has 0 saturated carbocycles. The van der Waals surface area contributed by atoms with Crippen LogP contribution in [0.3, 0.4) is 0 Å². The molecule has 0 bridgehead atoms. The van der Waals surface area contributed by atoms with Gasteiger partial charge in [-0.05, 0) is 68.3 Å². The second kappa shape index (κ2) is 10.3. The third-order valence-electron chi connectivity index (χ3n) is 6.00. The first-order valence-corrected chi connectivity index (χ1v) is 11.9. The van der Waals surface area contributed by atoms with E-state index in [1.54, 1.807) is 0 Å². The van der Waals surface area contributed by atoms with Gasteiger partial charge < -0.3 is 21.1 Å². The van der Waals surface area contributed by atoms with Gasteiger partial charge in [0, 0.05) is 54.7 Å². The SMILES string of the molecule is CC(C)(C)OC(=O)NC1CCN(Cc2ccc3cncc(-c4ccc(NC(N)=O)cc4)c3c2)CC1. The molecular weight excluding hydrogens is 442 g/mol. The second-order valence-corrected chi connectivity index (χ2v) is 10.0. The molecule has 3 aromatic rings. The minimum atomic E-state index is -0.584. The normalized spacial score (nSPS) is 15.1. The maximum absolute atomic E-state index is 12.1. The van der Waals surface area contributed by atoms with Crippen LogP contribution in [-0.2, 0) is 11.3 Å². The summed E-state index contributed by atoms with van der Waals surface area (Å²) in [7, 11) is 0. The topological polar surface area (TPSA) is 110 Å². The first-order valence-electron chi connectivity index (χ1n) is 11.9. The Morgan fingerprint density at radius 1 is 1.09 bits per heavy atom. The molecule has 0 aliphatic carbocycles. The van der Waals surface area contributed by atoms with Crippen molar-refractivity contribution in [2.45, 2.75) is 51.8 Å². The lowest BCUT2D eigenvalue weighted by Gasteiger charge is -2.33. The van der Waals surface area contributed by atoms with Crippen molar-refractivity contribution in [2.75, 3.05) is 18.4 Å². The molecular formula is C27H33N5O3. The highest BCUT2D eigenvalue weighted by Gasteiger charge is 2.23. The molecule has 2 heterocycles. The predicted octanol–water partition coefficient (Wildman–Crippen LogP) is 4.88.